The highest BCUT2D eigenvalue weighted by Crippen LogP contribution is 2.28. The highest BCUT2D eigenvalue weighted by atomic mass is 32.1. The summed E-state index contributed by atoms with van der Waals surface area (Å²) in [5.74, 6) is -0.564. The van der Waals surface area contributed by atoms with E-state index in [0.29, 0.717) is 32.9 Å². The molecule has 3 aromatic heterocycles. The van der Waals surface area contributed by atoms with Crippen LogP contribution in [0.25, 0.3) is 21.6 Å². The zero-order valence-corrected chi connectivity index (χ0v) is 20.3. The predicted octanol–water partition coefficient (Wildman–Crippen LogP) is 4.18. The van der Waals surface area contributed by atoms with E-state index in [1.165, 1.54) is 24.0 Å². The number of rotatable bonds is 10. The molecular weight excluding hydrogens is 492 g/mol. The van der Waals surface area contributed by atoms with Crippen LogP contribution in [0.2, 0.25) is 0 Å². The molecule has 4 N–H and O–H groups in total. The largest absolute Gasteiger partial charge is 0.451 e. The molecule has 5 aromatic rings. The van der Waals surface area contributed by atoms with Gasteiger partial charge in [-0.25, -0.2) is 9.97 Å². The molecule has 10 nitrogen and oxygen atoms in total. The van der Waals surface area contributed by atoms with Crippen LogP contribution < -0.4 is 16.4 Å². The number of hydrogen-bond acceptors (Lipinski definition) is 8. The van der Waals surface area contributed by atoms with Crippen molar-refractivity contribution in [2.75, 3.05) is 17.2 Å². The van der Waals surface area contributed by atoms with Crippen molar-refractivity contribution in [2.45, 2.75) is 13.0 Å². The number of primary amides is 1. The van der Waals surface area contributed by atoms with Gasteiger partial charge in [-0.1, -0.05) is 30.3 Å². The minimum absolute atomic E-state index is 0.0402. The second-order valence-electron chi connectivity index (χ2n) is 8.14. The van der Waals surface area contributed by atoms with Crippen LogP contribution in [0.1, 0.15) is 26.5 Å². The average Bonchev–Trinajstić information content (AvgIpc) is 3.66. The van der Waals surface area contributed by atoms with E-state index < -0.39 is 5.91 Å². The molecule has 0 saturated heterocycles. The van der Waals surface area contributed by atoms with E-state index in [1.54, 1.807) is 34.9 Å². The number of oxazole rings is 1. The number of nitrogens with one attached hydrogen (secondary N) is 2. The van der Waals surface area contributed by atoms with Gasteiger partial charge in [0.05, 0.1) is 27.3 Å². The molecule has 0 spiro atoms. The molecule has 11 heteroatoms. The Bertz CT molecular complexity index is 1570. The average molecular weight is 515 g/mol. The molecule has 186 valence electrons. The number of aryl methyl sites for hydroxylation is 1. The molecule has 0 aliphatic carbocycles. The molecule has 0 atom stereocenters. The first-order valence-corrected chi connectivity index (χ1v) is 12.2. The number of anilines is 2. The Morgan fingerprint density at radius 3 is 2.65 bits per heavy atom. The van der Waals surface area contributed by atoms with Crippen molar-refractivity contribution in [1.82, 2.24) is 14.5 Å². The topological polar surface area (TPSA) is 145 Å². The Morgan fingerprint density at radius 2 is 1.89 bits per heavy atom. The number of carbonyl (C=O) groups excluding carboxylic acids is 3. The third kappa shape index (κ3) is 5.41. The standard InChI is InChI=1S/C26H22N6O4S/c27-24(34)10-11-32-20-7-6-17(28-13-21(33)16-4-2-1-3-5-16)12-18(20)30-26(32)31-25(35)23-9-8-22(37-23)19-14-36-15-29-19/h1-9,12,14-15,28H,10-11,13H2,(H2,27,34)(H,30,31,35). The Hall–Kier alpha value is -4.77. The summed E-state index contributed by atoms with van der Waals surface area (Å²) in [6.45, 7) is 0.364. The summed E-state index contributed by atoms with van der Waals surface area (Å²) in [5.41, 5.74) is 8.64. The smallest absolute Gasteiger partial charge is 0.268 e. The van der Waals surface area contributed by atoms with E-state index in [-0.39, 0.29) is 37.1 Å². The molecule has 0 bridgehead atoms. The second kappa shape index (κ2) is 10.5. The van der Waals surface area contributed by atoms with Crippen molar-refractivity contribution in [2.24, 2.45) is 5.73 Å². The summed E-state index contributed by atoms with van der Waals surface area (Å²) >= 11 is 1.27. The third-order valence-electron chi connectivity index (χ3n) is 5.62. The van der Waals surface area contributed by atoms with Gasteiger partial charge in [-0.05, 0) is 30.3 Å². The maximum atomic E-state index is 13.0. The Balaban J connectivity index is 1.37. The highest BCUT2D eigenvalue weighted by Gasteiger charge is 2.18. The number of imidazole rings is 1. The fourth-order valence-electron chi connectivity index (χ4n) is 3.79. The number of aromatic nitrogens is 3. The van der Waals surface area contributed by atoms with Gasteiger partial charge >= 0.3 is 0 Å². The number of nitrogens with zero attached hydrogens (tertiary/aromatic N) is 3. The first-order chi connectivity index (χ1) is 18.0. The van der Waals surface area contributed by atoms with Gasteiger partial charge in [-0.3, -0.25) is 19.7 Å². The van der Waals surface area contributed by atoms with E-state index in [9.17, 15) is 14.4 Å². The van der Waals surface area contributed by atoms with Crippen LogP contribution in [0, 0.1) is 0 Å². The maximum absolute atomic E-state index is 13.0. The molecule has 2 aromatic carbocycles. The number of Topliss-reactive ketones (excluding diaryl/α,β-unsaturated/α-hetero) is 1. The van der Waals surface area contributed by atoms with E-state index in [1.807, 2.05) is 30.3 Å². The van der Waals surface area contributed by atoms with Gasteiger partial charge < -0.3 is 20.0 Å². The first-order valence-electron chi connectivity index (χ1n) is 11.4. The fraction of sp³-hybridized carbons (Fsp3) is 0.115. The third-order valence-corrected chi connectivity index (χ3v) is 6.73. The number of carbonyl (C=O) groups is 3. The van der Waals surface area contributed by atoms with Crippen LogP contribution in [0.5, 0.6) is 0 Å². The summed E-state index contributed by atoms with van der Waals surface area (Å²) in [7, 11) is 0. The van der Waals surface area contributed by atoms with Crippen LogP contribution in [0.4, 0.5) is 11.6 Å². The van der Waals surface area contributed by atoms with Crippen molar-refractivity contribution in [1.29, 1.82) is 0 Å². The molecule has 0 aliphatic rings. The van der Waals surface area contributed by atoms with Crippen LogP contribution in [0.3, 0.4) is 0 Å². The van der Waals surface area contributed by atoms with Gasteiger partial charge in [0.25, 0.3) is 5.91 Å². The number of amides is 2. The van der Waals surface area contributed by atoms with Crippen LogP contribution in [-0.2, 0) is 11.3 Å². The number of fused-ring (bicyclic) bond motifs is 1. The number of thiophene rings is 1. The van der Waals surface area contributed by atoms with Gasteiger partial charge in [-0.2, -0.15) is 0 Å². The molecule has 2 amide bonds. The van der Waals surface area contributed by atoms with E-state index in [4.69, 9.17) is 10.2 Å². The van der Waals surface area contributed by atoms with Gasteiger partial charge in [-0.15, -0.1) is 11.3 Å². The lowest BCUT2D eigenvalue weighted by Crippen LogP contribution is -2.18. The van der Waals surface area contributed by atoms with Crippen molar-refractivity contribution in [3.8, 4) is 10.6 Å². The quantitative estimate of drug-likeness (QED) is 0.237. The van der Waals surface area contributed by atoms with Crippen LogP contribution in [-0.4, -0.2) is 38.7 Å². The number of hydrogen-bond donors (Lipinski definition) is 3. The fourth-order valence-corrected chi connectivity index (χ4v) is 4.65. The van der Waals surface area contributed by atoms with Crippen molar-refractivity contribution >= 4 is 51.6 Å². The van der Waals surface area contributed by atoms with Gasteiger partial charge in [0, 0.05) is 24.2 Å². The Kier molecular flexibility index (Phi) is 6.77. The van der Waals surface area contributed by atoms with Gasteiger partial charge in [0.15, 0.2) is 12.2 Å². The SMILES string of the molecule is NC(=O)CCn1c(NC(=O)c2ccc(-c3cocn3)s2)nc2cc(NCC(=O)c3ccccc3)ccc21. The van der Waals surface area contributed by atoms with E-state index in [0.717, 1.165) is 4.88 Å². The van der Waals surface area contributed by atoms with E-state index >= 15 is 0 Å². The van der Waals surface area contributed by atoms with Crippen molar-refractivity contribution in [3.63, 3.8) is 0 Å². The minimum Gasteiger partial charge on any atom is -0.451 e. The van der Waals surface area contributed by atoms with Gasteiger partial charge in [0.2, 0.25) is 11.9 Å². The van der Waals surface area contributed by atoms with Crippen LogP contribution >= 0.6 is 11.3 Å². The lowest BCUT2D eigenvalue weighted by atomic mass is 10.1. The normalized spacial score (nSPS) is 10.9. The molecule has 0 unspecified atom stereocenters. The molecule has 5 rings (SSSR count). The first kappa shape index (κ1) is 23.9. The summed E-state index contributed by atoms with van der Waals surface area (Å²) in [6.07, 6.45) is 2.92. The highest BCUT2D eigenvalue weighted by molar-refractivity contribution is 7.17. The molecule has 3 heterocycles. The molecule has 0 aliphatic heterocycles. The zero-order valence-electron chi connectivity index (χ0n) is 19.5. The molecular formula is C26H22N6O4S. The predicted molar refractivity (Wildman–Crippen MR) is 141 cm³/mol. The Morgan fingerprint density at radius 1 is 1.05 bits per heavy atom. The van der Waals surface area contributed by atoms with Crippen molar-refractivity contribution in [3.05, 3.63) is 83.8 Å². The maximum Gasteiger partial charge on any atom is 0.268 e. The number of benzene rings is 2. The van der Waals surface area contributed by atoms with Crippen molar-refractivity contribution < 1.29 is 18.8 Å². The van der Waals surface area contributed by atoms with E-state index in [2.05, 4.69) is 20.6 Å². The summed E-state index contributed by atoms with van der Waals surface area (Å²) in [5, 5.41) is 5.97. The lowest BCUT2D eigenvalue weighted by Gasteiger charge is -2.09. The minimum atomic E-state index is -0.465. The molecule has 0 radical (unpaired) electrons. The Labute approximate surface area is 215 Å². The molecule has 0 fully saturated rings. The zero-order chi connectivity index (χ0) is 25.8. The summed E-state index contributed by atoms with van der Waals surface area (Å²) < 4.78 is 6.75. The van der Waals surface area contributed by atoms with Gasteiger partial charge in [0.1, 0.15) is 12.0 Å². The summed E-state index contributed by atoms with van der Waals surface area (Å²) in [4.78, 5) is 46.9. The molecule has 0 saturated carbocycles. The lowest BCUT2D eigenvalue weighted by molar-refractivity contribution is -0.118. The van der Waals surface area contributed by atoms with Crippen LogP contribution in [0.15, 0.2) is 77.7 Å². The number of nitrogens with two attached hydrogens (primary N) is 1. The second-order valence-corrected chi connectivity index (χ2v) is 9.23. The molecule has 37 heavy (non-hydrogen) atoms. The number of ketones is 1. The monoisotopic (exact) mass is 514 g/mol. The summed E-state index contributed by atoms with van der Waals surface area (Å²) in [6, 6.07) is 18.0.